The molecule has 1 fully saturated rings. The molecule has 6 heteroatoms. The van der Waals surface area contributed by atoms with Crippen LogP contribution in [0.3, 0.4) is 0 Å². The molecule has 1 aromatic rings. The zero-order valence-corrected chi connectivity index (χ0v) is 13.6. The zero-order valence-electron chi connectivity index (χ0n) is 13.6. The summed E-state index contributed by atoms with van der Waals surface area (Å²) in [6, 6.07) is 3.66. The maximum absolute atomic E-state index is 10.7. The predicted octanol–water partition coefficient (Wildman–Crippen LogP) is 1.05. The molecule has 2 rings (SSSR count). The predicted molar refractivity (Wildman–Crippen MR) is 89.0 cm³/mol. The average molecular weight is 303 g/mol. The van der Waals surface area contributed by atoms with Gasteiger partial charge in [-0.3, -0.25) is 4.90 Å². The summed E-state index contributed by atoms with van der Waals surface area (Å²) in [6.45, 7) is 9.54. The molecule has 3 N–H and O–H groups in total. The van der Waals surface area contributed by atoms with Crippen molar-refractivity contribution < 1.29 is 4.79 Å². The van der Waals surface area contributed by atoms with E-state index in [4.69, 9.17) is 5.73 Å². The molecular formula is C16H25N5O. The molecule has 1 aliphatic heterocycles. The Morgan fingerprint density at radius 2 is 1.95 bits per heavy atom. The van der Waals surface area contributed by atoms with Gasteiger partial charge in [0, 0.05) is 32.7 Å². The molecule has 1 heterocycles. The smallest absolute Gasteiger partial charge is 0.332 e. The Morgan fingerprint density at radius 1 is 1.27 bits per heavy atom. The lowest BCUT2D eigenvalue weighted by molar-refractivity contribution is 0.148. The van der Waals surface area contributed by atoms with Gasteiger partial charge in [0.25, 0.3) is 0 Å². The number of hydrogen-bond donors (Lipinski definition) is 2. The van der Waals surface area contributed by atoms with Gasteiger partial charge in [-0.2, -0.15) is 5.10 Å². The molecule has 0 radical (unpaired) electrons. The first kappa shape index (κ1) is 16.5. The van der Waals surface area contributed by atoms with Gasteiger partial charge in [0.1, 0.15) is 0 Å². The number of nitrogens with two attached hydrogens (primary N) is 1. The first-order valence-corrected chi connectivity index (χ1v) is 7.55. The average Bonchev–Trinajstić information content (AvgIpc) is 2.45. The van der Waals surface area contributed by atoms with Crippen molar-refractivity contribution >= 4 is 12.2 Å². The number of rotatable bonds is 4. The van der Waals surface area contributed by atoms with Crippen LogP contribution in [0.25, 0.3) is 0 Å². The van der Waals surface area contributed by atoms with E-state index in [1.807, 2.05) is 6.92 Å². The summed E-state index contributed by atoms with van der Waals surface area (Å²) in [5, 5.41) is 3.86. The van der Waals surface area contributed by atoms with E-state index in [0.29, 0.717) is 0 Å². The van der Waals surface area contributed by atoms with Crippen LogP contribution in [0.2, 0.25) is 0 Å². The van der Waals surface area contributed by atoms with Crippen LogP contribution in [0.4, 0.5) is 4.79 Å². The molecule has 0 spiro atoms. The number of piperazine rings is 1. The molecule has 0 aromatic heterocycles. The number of benzene rings is 1. The third-order valence-corrected chi connectivity index (χ3v) is 4.09. The molecule has 22 heavy (non-hydrogen) atoms. The fourth-order valence-corrected chi connectivity index (χ4v) is 2.64. The summed E-state index contributed by atoms with van der Waals surface area (Å²) in [5.74, 6) is 0. The molecule has 0 aliphatic carbocycles. The Hall–Kier alpha value is -1.92. The molecule has 0 atom stereocenters. The Labute approximate surface area is 132 Å². The van der Waals surface area contributed by atoms with Crippen molar-refractivity contribution in [2.75, 3.05) is 33.2 Å². The minimum absolute atomic E-state index is 0.654. The molecule has 6 nitrogen and oxygen atoms in total. The van der Waals surface area contributed by atoms with Crippen LogP contribution in [0.1, 0.15) is 22.3 Å². The van der Waals surface area contributed by atoms with E-state index in [-0.39, 0.29) is 0 Å². The first-order chi connectivity index (χ1) is 10.5. The second-order valence-corrected chi connectivity index (χ2v) is 5.95. The SMILES string of the molecule is Cc1cc(C)c(CN2CCN(C)CC2)cc1C=NNC(N)=O. The van der Waals surface area contributed by atoms with Crippen molar-refractivity contribution in [2.24, 2.45) is 10.8 Å². The lowest BCUT2D eigenvalue weighted by Gasteiger charge is -2.32. The van der Waals surface area contributed by atoms with Crippen LogP contribution in [0, 0.1) is 13.8 Å². The fraction of sp³-hybridized carbons (Fsp3) is 0.500. The van der Waals surface area contributed by atoms with Crippen molar-refractivity contribution in [2.45, 2.75) is 20.4 Å². The quantitative estimate of drug-likeness (QED) is 0.645. The lowest BCUT2D eigenvalue weighted by atomic mass is 10.00. The largest absolute Gasteiger partial charge is 0.350 e. The highest BCUT2D eigenvalue weighted by Gasteiger charge is 2.15. The van der Waals surface area contributed by atoms with E-state index in [2.05, 4.69) is 46.4 Å². The van der Waals surface area contributed by atoms with Crippen LogP contribution in [0.15, 0.2) is 17.2 Å². The van der Waals surface area contributed by atoms with Crippen LogP contribution in [0.5, 0.6) is 0 Å². The Kier molecular flexibility index (Phi) is 5.51. The Bertz CT molecular complexity index is 562. The van der Waals surface area contributed by atoms with E-state index in [9.17, 15) is 4.79 Å². The number of likely N-dealkylation sites (N-methyl/N-ethyl adjacent to an activating group) is 1. The van der Waals surface area contributed by atoms with Gasteiger partial charge in [0.15, 0.2) is 0 Å². The molecule has 1 aromatic carbocycles. The fourth-order valence-electron chi connectivity index (χ4n) is 2.64. The van der Waals surface area contributed by atoms with Crippen LogP contribution < -0.4 is 11.2 Å². The van der Waals surface area contributed by atoms with E-state index in [0.717, 1.165) is 43.9 Å². The van der Waals surface area contributed by atoms with Gasteiger partial charge in [0.2, 0.25) is 0 Å². The van der Waals surface area contributed by atoms with Gasteiger partial charge in [-0.15, -0.1) is 0 Å². The molecule has 2 amide bonds. The van der Waals surface area contributed by atoms with Crippen molar-refractivity contribution in [3.05, 3.63) is 34.4 Å². The Balaban J connectivity index is 2.10. The number of nitrogens with one attached hydrogen (secondary N) is 1. The van der Waals surface area contributed by atoms with Gasteiger partial charge in [0.05, 0.1) is 6.21 Å². The highest BCUT2D eigenvalue weighted by Crippen LogP contribution is 2.17. The highest BCUT2D eigenvalue weighted by atomic mass is 16.2. The topological polar surface area (TPSA) is 74.0 Å². The van der Waals surface area contributed by atoms with E-state index in [1.54, 1.807) is 6.21 Å². The van der Waals surface area contributed by atoms with Crippen molar-refractivity contribution in [1.82, 2.24) is 15.2 Å². The number of primary amides is 1. The summed E-state index contributed by atoms with van der Waals surface area (Å²) in [4.78, 5) is 15.5. The van der Waals surface area contributed by atoms with Gasteiger partial charge in [-0.05, 0) is 49.2 Å². The molecule has 1 aliphatic rings. The van der Waals surface area contributed by atoms with Gasteiger partial charge >= 0.3 is 6.03 Å². The second-order valence-electron chi connectivity index (χ2n) is 5.95. The molecule has 1 saturated heterocycles. The zero-order chi connectivity index (χ0) is 16.1. The van der Waals surface area contributed by atoms with E-state index >= 15 is 0 Å². The molecular weight excluding hydrogens is 278 g/mol. The van der Waals surface area contributed by atoms with Crippen LogP contribution in [-0.4, -0.2) is 55.3 Å². The van der Waals surface area contributed by atoms with Gasteiger partial charge in [-0.25, -0.2) is 10.2 Å². The monoisotopic (exact) mass is 303 g/mol. The number of carbonyl (C=O) groups is 1. The number of hydrazone groups is 1. The summed E-state index contributed by atoms with van der Waals surface area (Å²) in [7, 11) is 2.16. The van der Waals surface area contributed by atoms with Crippen LogP contribution in [-0.2, 0) is 6.54 Å². The maximum atomic E-state index is 10.7. The molecule has 120 valence electrons. The summed E-state index contributed by atoms with van der Waals surface area (Å²) in [5.41, 5.74) is 12.0. The summed E-state index contributed by atoms with van der Waals surface area (Å²) < 4.78 is 0. The number of urea groups is 1. The number of nitrogens with zero attached hydrogens (tertiary/aromatic N) is 3. The lowest BCUT2D eigenvalue weighted by Crippen LogP contribution is -2.44. The third-order valence-electron chi connectivity index (χ3n) is 4.09. The summed E-state index contributed by atoms with van der Waals surface area (Å²) >= 11 is 0. The third kappa shape index (κ3) is 4.54. The van der Waals surface area contributed by atoms with Crippen molar-refractivity contribution in [3.8, 4) is 0 Å². The molecule has 0 unspecified atom stereocenters. The maximum Gasteiger partial charge on any atom is 0.332 e. The van der Waals surface area contributed by atoms with Crippen molar-refractivity contribution in [3.63, 3.8) is 0 Å². The minimum Gasteiger partial charge on any atom is -0.350 e. The highest BCUT2D eigenvalue weighted by molar-refractivity contribution is 5.83. The number of aryl methyl sites for hydroxylation is 2. The standard InChI is InChI=1S/C16H25N5O/c1-12-8-13(2)15(9-14(12)10-18-19-16(17)22)11-21-6-4-20(3)5-7-21/h8-10H,4-7,11H2,1-3H3,(H3,17,19,22). The van der Waals surface area contributed by atoms with Gasteiger partial charge < -0.3 is 10.6 Å². The minimum atomic E-state index is -0.654. The van der Waals surface area contributed by atoms with Gasteiger partial charge in [-0.1, -0.05) is 6.07 Å². The normalized spacial score (nSPS) is 17.0. The number of amides is 2. The van der Waals surface area contributed by atoms with Crippen molar-refractivity contribution in [1.29, 1.82) is 0 Å². The van der Waals surface area contributed by atoms with E-state index < -0.39 is 6.03 Å². The second kappa shape index (κ2) is 7.38. The number of carbonyl (C=O) groups excluding carboxylic acids is 1. The number of hydrogen-bond acceptors (Lipinski definition) is 4. The van der Waals surface area contributed by atoms with Crippen LogP contribution >= 0.6 is 0 Å². The van der Waals surface area contributed by atoms with E-state index in [1.165, 1.54) is 11.1 Å². The first-order valence-electron chi connectivity index (χ1n) is 7.55. The summed E-state index contributed by atoms with van der Waals surface area (Å²) in [6.07, 6.45) is 1.65. The Morgan fingerprint density at radius 3 is 2.59 bits per heavy atom. The molecule has 0 saturated carbocycles. The molecule has 0 bridgehead atoms.